The first kappa shape index (κ1) is 17.0. The third kappa shape index (κ3) is 5.92. The molecular weight excluding hydrogens is 322 g/mol. The number of carbonyl (C=O) groups is 1. The van der Waals surface area contributed by atoms with Crippen LogP contribution in [-0.4, -0.2) is 42.2 Å². The first-order valence-electron chi connectivity index (χ1n) is 6.92. The summed E-state index contributed by atoms with van der Waals surface area (Å²) in [6.45, 7) is 7.87. The van der Waals surface area contributed by atoms with E-state index in [9.17, 15) is 4.79 Å². The predicted octanol–water partition coefficient (Wildman–Crippen LogP) is 3.19. The van der Waals surface area contributed by atoms with E-state index in [0.29, 0.717) is 13.0 Å². The van der Waals surface area contributed by atoms with Crippen molar-refractivity contribution in [2.75, 3.05) is 26.2 Å². The van der Waals surface area contributed by atoms with Crippen molar-refractivity contribution in [3.05, 3.63) is 28.2 Å². The van der Waals surface area contributed by atoms with Gasteiger partial charge in [0, 0.05) is 13.0 Å². The molecule has 0 bridgehead atoms. The molecule has 0 aliphatic rings. The van der Waals surface area contributed by atoms with Crippen LogP contribution in [0.5, 0.6) is 5.75 Å². The van der Waals surface area contributed by atoms with Gasteiger partial charge in [-0.15, -0.1) is 0 Å². The van der Waals surface area contributed by atoms with Crippen LogP contribution < -0.4 is 4.74 Å². The van der Waals surface area contributed by atoms with Gasteiger partial charge in [0.25, 0.3) is 0 Å². The number of carboxylic acid groups (broad SMARTS) is 1. The highest BCUT2D eigenvalue weighted by Crippen LogP contribution is 2.26. The Balaban J connectivity index is 2.49. The monoisotopic (exact) mass is 343 g/mol. The number of likely N-dealkylation sites (N-methyl/N-ethyl adjacent to an activating group) is 1. The lowest BCUT2D eigenvalue weighted by atomic mass is 10.1. The number of benzene rings is 1. The smallest absolute Gasteiger partial charge is 0.303 e. The Hall–Kier alpha value is -1.07. The number of ether oxygens (including phenoxy) is 1. The summed E-state index contributed by atoms with van der Waals surface area (Å²) in [5, 5.41) is 8.67. The largest absolute Gasteiger partial charge is 0.491 e. The van der Waals surface area contributed by atoms with E-state index in [2.05, 4.69) is 34.7 Å². The van der Waals surface area contributed by atoms with Gasteiger partial charge in [-0.05, 0) is 53.1 Å². The standard InChI is InChI=1S/C15H22BrNO3/c1-3-17(4-2)9-10-20-14-7-5-12(11-13(14)16)6-8-15(18)19/h5,7,11H,3-4,6,8-10H2,1-2H3,(H,18,19). The van der Waals surface area contributed by atoms with Crippen LogP contribution in [0.3, 0.4) is 0 Å². The van der Waals surface area contributed by atoms with Gasteiger partial charge in [-0.1, -0.05) is 19.9 Å². The molecule has 0 aliphatic heterocycles. The maximum atomic E-state index is 10.5. The van der Waals surface area contributed by atoms with Crippen molar-refractivity contribution in [1.29, 1.82) is 0 Å². The Bertz CT molecular complexity index is 433. The number of hydrogen-bond donors (Lipinski definition) is 1. The topological polar surface area (TPSA) is 49.8 Å². The van der Waals surface area contributed by atoms with Crippen molar-refractivity contribution >= 4 is 21.9 Å². The summed E-state index contributed by atoms with van der Waals surface area (Å²) in [5.41, 5.74) is 0.996. The van der Waals surface area contributed by atoms with Crippen molar-refractivity contribution in [2.24, 2.45) is 0 Å². The van der Waals surface area contributed by atoms with E-state index in [1.54, 1.807) is 0 Å². The molecule has 0 unspecified atom stereocenters. The fraction of sp³-hybridized carbons (Fsp3) is 0.533. The minimum absolute atomic E-state index is 0.147. The van der Waals surface area contributed by atoms with Gasteiger partial charge in [-0.3, -0.25) is 4.79 Å². The Morgan fingerprint density at radius 3 is 2.60 bits per heavy atom. The fourth-order valence-electron chi connectivity index (χ4n) is 1.89. The number of halogens is 1. The van der Waals surface area contributed by atoms with E-state index < -0.39 is 5.97 Å². The maximum Gasteiger partial charge on any atom is 0.303 e. The molecule has 20 heavy (non-hydrogen) atoms. The third-order valence-corrected chi connectivity index (χ3v) is 3.80. The number of aliphatic carboxylic acids is 1. The molecule has 0 saturated heterocycles. The lowest BCUT2D eigenvalue weighted by Crippen LogP contribution is -2.27. The summed E-state index contributed by atoms with van der Waals surface area (Å²) in [6.07, 6.45) is 0.683. The number of nitrogens with zero attached hydrogens (tertiary/aromatic N) is 1. The van der Waals surface area contributed by atoms with Crippen LogP contribution in [0, 0.1) is 0 Å². The zero-order chi connectivity index (χ0) is 15.0. The molecule has 0 aliphatic carbocycles. The van der Waals surface area contributed by atoms with Gasteiger partial charge in [-0.25, -0.2) is 0 Å². The van der Waals surface area contributed by atoms with Crippen molar-refractivity contribution < 1.29 is 14.6 Å². The van der Waals surface area contributed by atoms with E-state index in [0.717, 1.165) is 35.4 Å². The molecule has 1 rings (SSSR count). The van der Waals surface area contributed by atoms with Crippen molar-refractivity contribution in [3.8, 4) is 5.75 Å². The van der Waals surface area contributed by atoms with Crippen LogP contribution in [0.4, 0.5) is 0 Å². The molecule has 0 radical (unpaired) electrons. The molecule has 0 aromatic heterocycles. The second-order valence-electron chi connectivity index (χ2n) is 4.53. The quantitative estimate of drug-likeness (QED) is 0.748. The molecule has 1 N–H and O–H groups in total. The van der Waals surface area contributed by atoms with E-state index in [4.69, 9.17) is 9.84 Å². The van der Waals surface area contributed by atoms with Gasteiger partial charge >= 0.3 is 5.97 Å². The van der Waals surface area contributed by atoms with Crippen molar-refractivity contribution in [1.82, 2.24) is 4.90 Å². The lowest BCUT2D eigenvalue weighted by molar-refractivity contribution is -0.136. The third-order valence-electron chi connectivity index (χ3n) is 3.18. The lowest BCUT2D eigenvalue weighted by Gasteiger charge is -2.18. The van der Waals surface area contributed by atoms with Gasteiger partial charge in [0.2, 0.25) is 0 Å². The van der Waals surface area contributed by atoms with Gasteiger partial charge in [0.15, 0.2) is 0 Å². The van der Waals surface area contributed by atoms with Crippen LogP contribution in [0.1, 0.15) is 25.8 Å². The number of hydrogen-bond acceptors (Lipinski definition) is 3. The summed E-state index contributed by atoms with van der Waals surface area (Å²) in [6, 6.07) is 5.74. The highest BCUT2D eigenvalue weighted by molar-refractivity contribution is 9.10. The molecule has 0 atom stereocenters. The van der Waals surface area contributed by atoms with Gasteiger partial charge < -0.3 is 14.7 Å². The zero-order valence-corrected chi connectivity index (χ0v) is 13.6. The van der Waals surface area contributed by atoms with E-state index >= 15 is 0 Å². The molecular formula is C15H22BrNO3. The van der Waals surface area contributed by atoms with E-state index in [1.165, 1.54) is 0 Å². The summed E-state index contributed by atoms with van der Waals surface area (Å²) in [5.74, 6) is 0.0249. The van der Waals surface area contributed by atoms with Crippen LogP contribution >= 0.6 is 15.9 Å². The summed E-state index contributed by atoms with van der Waals surface area (Å²) in [4.78, 5) is 12.8. The highest BCUT2D eigenvalue weighted by Gasteiger charge is 2.06. The normalized spacial score (nSPS) is 10.8. The predicted molar refractivity (Wildman–Crippen MR) is 83.4 cm³/mol. The number of rotatable bonds is 9. The Morgan fingerprint density at radius 2 is 2.05 bits per heavy atom. The summed E-state index contributed by atoms with van der Waals surface area (Å²) >= 11 is 3.47. The summed E-state index contributed by atoms with van der Waals surface area (Å²) < 4.78 is 6.62. The first-order valence-corrected chi connectivity index (χ1v) is 7.71. The molecule has 1 aromatic rings. The maximum absolute atomic E-state index is 10.5. The second kappa shape index (κ2) is 8.97. The fourth-order valence-corrected chi connectivity index (χ4v) is 2.43. The number of carboxylic acids is 1. The molecule has 1 aromatic carbocycles. The Labute approximate surface area is 128 Å². The minimum atomic E-state index is -0.777. The van der Waals surface area contributed by atoms with Gasteiger partial charge in [0.05, 0.1) is 4.47 Å². The summed E-state index contributed by atoms with van der Waals surface area (Å²) in [7, 11) is 0. The SMILES string of the molecule is CCN(CC)CCOc1ccc(CCC(=O)O)cc1Br. The first-order chi connectivity index (χ1) is 9.56. The average Bonchev–Trinajstić information content (AvgIpc) is 2.43. The van der Waals surface area contributed by atoms with Gasteiger partial charge in [-0.2, -0.15) is 0 Å². The zero-order valence-electron chi connectivity index (χ0n) is 12.1. The molecule has 112 valence electrons. The second-order valence-corrected chi connectivity index (χ2v) is 5.39. The van der Waals surface area contributed by atoms with E-state index in [1.807, 2.05) is 18.2 Å². The van der Waals surface area contributed by atoms with Crippen molar-refractivity contribution in [2.45, 2.75) is 26.7 Å². The molecule has 0 saturated carbocycles. The minimum Gasteiger partial charge on any atom is -0.491 e. The molecule has 4 nitrogen and oxygen atoms in total. The molecule has 0 spiro atoms. The Kier molecular flexibility index (Phi) is 7.62. The van der Waals surface area contributed by atoms with Gasteiger partial charge in [0.1, 0.15) is 12.4 Å². The van der Waals surface area contributed by atoms with Crippen LogP contribution in [0.25, 0.3) is 0 Å². The molecule has 5 heteroatoms. The highest BCUT2D eigenvalue weighted by atomic mass is 79.9. The van der Waals surface area contributed by atoms with Crippen LogP contribution in [-0.2, 0) is 11.2 Å². The molecule has 0 heterocycles. The Morgan fingerprint density at radius 1 is 1.35 bits per heavy atom. The van der Waals surface area contributed by atoms with Crippen LogP contribution in [0.2, 0.25) is 0 Å². The number of aryl methyl sites for hydroxylation is 1. The average molecular weight is 344 g/mol. The molecule has 0 amide bonds. The van der Waals surface area contributed by atoms with Crippen molar-refractivity contribution in [3.63, 3.8) is 0 Å². The van der Waals surface area contributed by atoms with E-state index in [-0.39, 0.29) is 6.42 Å². The van der Waals surface area contributed by atoms with Crippen LogP contribution in [0.15, 0.2) is 22.7 Å². The molecule has 0 fully saturated rings.